The third kappa shape index (κ3) is 1.81. The van der Waals surface area contributed by atoms with Crippen LogP contribution in [0.2, 0.25) is 0 Å². The largest absolute Gasteiger partial charge is 0.461 e. The molecule has 0 atom stereocenters. The number of aromatic amines is 1. The number of hydrogen-bond acceptors (Lipinski definition) is 5. The van der Waals surface area contributed by atoms with Gasteiger partial charge >= 0.3 is 5.97 Å². The van der Waals surface area contributed by atoms with Gasteiger partial charge < -0.3 is 9.15 Å². The maximum atomic E-state index is 11.3. The molecule has 0 bridgehead atoms. The van der Waals surface area contributed by atoms with Gasteiger partial charge in [0, 0.05) is 0 Å². The van der Waals surface area contributed by atoms with Crippen LogP contribution < -0.4 is 0 Å². The molecule has 0 saturated heterocycles. The van der Waals surface area contributed by atoms with E-state index in [9.17, 15) is 4.79 Å². The molecular weight excluding hydrogens is 210 g/mol. The predicted molar refractivity (Wildman–Crippen MR) is 54.8 cm³/mol. The Labute approximate surface area is 91.6 Å². The van der Waals surface area contributed by atoms with E-state index in [2.05, 4.69) is 15.2 Å². The van der Waals surface area contributed by atoms with Crippen molar-refractivity contribution in [3.05, 3.63) is 23.7 Å². The van der Waals surface area contributed by atoms with Gasteiger partial charge in [-0.3, -0.25) is 5.10 Å². The fraction of sp³-hybridized carbons (Fsp3) is 0.300. The van der Waals surface area contributed by atoms with Crippen LogP contribution in [-0.4, -0.2) is 27.8 Å². The van der Waals surface area contributed by atoms with Gasteiger partial charge in [-0.2, -0.15) is 4.98 Å². The molecule has 6 heteroatoms. The molecule has 0 aliphatic heterocycles. The third-order valence-electron chi connectivity index (χ3n) is 2.02. The van der Waals surface area contributed by atoms with Gasteiger partial charge in [0.2, 0.25) is 11.6 Å². The van der Waals surface area contributed by atoms with Crippen LogP contribution in [0, 0.1) is 6.92 Å². The first-order chi connectivity index (χ1) is 7.72. The van der Waals surface area contributed by atoms with Crippen LogP contribution in [0.15, 0.2) is 16.7 Å². The summed E-state index contributed by atoms with van der Waals surface area (Å²) in [5, 5.41) is 6.40. The van der Waals surface area contributed by atoms with Crippen molar-refractivity contribution in [3.8, 4) is 11.6 Å². The molecule has 84 valence electrons. The van der Waals surface area contributed by atoms with E-state index < -0.39 is 5.97 Å². The van der Waals surface area contributed by atoms with Gasteiger partial charge in [0.15, 0.2) is 5.76 Å². The van der Waals surface area contributed by atoms with Gasteiger partial charge in [-0.25, -0.2) is 4.79 Å². The summed E-state index contributed by atoms with van der Waals surface area (Å²) >= 11 is 0. The highest BCUT2D eigenvalue weighted by molar-refractivity contribution is 5.85. The van der Waals surface area contributed by atoms with Gasteiger partial charge in [-0.05, 0) is 25.5 Å². The molecule has 0 aliphatic rings. The summed E-state index contributed by atoms with van der Waals surface area (Å²) in [6.07, 6.45) is 1.55. The lowest BCUT2D eigenvalue weighted by molar-refractivity contribution is 0.0512. The summed E-state index contributed by atoms with van der Waals surface area (Å²) in [5.41, 5.74) is 0.911. The second-order valence-electron chi connectivity index (χ2n) is 3.16. The fourth-order valence-corrected chi connectivity index (χ4v) is 1.26. The summed E-state index contributed by atoms with van der Waals surface area (Å²) in [7, 11) is 0. The zero-order valence-corrected chi connectivity index (χ0v) is 8.98. The first kappa shape index (κ1) is 10.4. The highest BCUT2D eigenvalue weighted by atomic mass is 16.5. The number of nitrogens with zero attached hydrogens (tertiary/aromatic N) is 2. The van der Waals surface area contributed by atoms with Crippen molar-refractivity contribution in [3.63, 3.8) is 0 Å². The van der Waals surface area contributed by atoms with Crippen LogP contribution in [0.25, 0.3) is 11.6 Å². The topological polar surface area (TPSA) is 81.0 Å². The van der Waals surface area contributed by atoms with E-state index >= 15 is 0 Å². The molecule has 1 N–H and O–H groups in total. The van der Waals surface area contributed by atoms with Gasteiger partial charge in [0.1, 0.15) is 0 Å². The molecule has 6 nitrogen and oxygen atoms in total. The van der Waals surface area contributed by atoms with Crippen LogP contribution in [0.4, 0.5) is 0 Å². The molecule has 0 aliphatic carbocycles. The Morgan fingerprint density at radius 3 is 3.06 bits per heavy atom. The minimum Gasteiger partial charge on any atom is -0.461 e. The number of aryl methyl sites for hydroxylation is 1. The zero-order chi connectivity index (χ0) is 11.5. The number of carbonyl (C=O) groups is 1. The monoisotopic (exact) mass is 221 g/mol. The van der Waals surface area contributed by atoms with Crippen LogP contribution in [0.1, 0.15) is 23.1 Å². The minimum absolute atomic E-state index is 0.0765. The lowest BCUT2D eigenvalue weighted by Gasteiger charge is -1.95. The lowest BCUT2D eigenvalue weighted by atomic mass is 10.3. The molecule has 2 aromatic heterocycles. The van der Waals surface area contributed by atoms with E-state index in [1.165, 1.54) is 0 Å². The molecule has 2 aromatic rings. The van der Waals surface area contributed by atoms with Gasteiger partial charge in [-0.15, -0.1) is 5.10 Å². The van der Waals surface area contributed by atoms with Crippen molar-refractivity contribution in [1.29, 1.82) is 0 Å². The molecule has 0 fully saturated rings. The average Bonchev–Trinajstić information content (AvgIpc) is 2.86. The predicted octanol–water partition coefficient (Wildman–Crippen LogP) is 1.55. The molecule has 2 heterocycles. The molecule has 0 saturated carbocycles. The number of aromatic nitrogens is 3. The average molecular weight is 221 g/mol. The maximum Gasteiger partial charge on any atom is 0.375 e. The number of furan rings is 1. The SMILES string of the molecule is CCOC(=O)c1nc(-c2occc2C)n[nH]1. The fourth-order valence-electron chi connectivity index (χ4n) is 1.26. The number of carbonyl (C=O) groups excluding carboxylic acids is 1. The summed E-state index contributed by atoms with van der Waals surface area (Å²) in [6, 6.07) is 1.80. The van der Waals surface area contributed by atoms with E-state index in [0.29, 0.717) is 18.2 Å². The van der Waals surface area contributed by atoms with E-state index in [0.717, 1.165) is 5.56 Å². The Balaban J connectivity index is 2.26. The molecule has 0 aromatic carbocycles. The second-order valence-corrected chi connectivity index (χ2v) is 3.16. The summed E-state index contributed by atoms with van der Waals surface area (Å²) in [4.78, 5) is 15.3. The van der Waals surface area contributed by atoms with Crippen molar-refractivity contribution in [2.24, 2.45) is 0 Å². The van der Waals surface area contributed by atoms with E-state index in [4.69, 9.17) is 9.15 Å². The second kappa shape index (κ2) is 4.18. The maximum absolute atomic E-state index is 11.3. The van der Waals surface area contributed by atoms with Gasteiger partial charge in [0.25, 0.3) is 0 Å². The smallest absolute Gasteiger partial charge is 0.375 e. The quantitative estimate of drug-likeness (QED) is 0.795. The summed E-state index contributed by atoms with van der Waals surface area (Å²) in [6.45, 7) is 3.90. The Morgan fingerprint density at radius 2 is 2.44 bits per heavy atom. The standard InChI is InChI=1S/C10H11N3O3/c1-3-15-10(14)9-11-8(12-13-9)7-6(2)4-5-16-7/h4-5H,3H2,1-2H3,(H,11,12,13). The van der Waals surface area contributed by atoms with Crippen molar-refractivity contribution in [2.45, 2.75) is 13.8 Å². The molecule has 0 radical (unpaired) electrons. The highest BCUT2D eigenvalue weighted by Gasteiger charge is 2.16. The van der Waals surface area contributed by atoms with Crippen molar-refractivity contribution >= 4 is 5.97 Å². The minimum atomic E-state index is -0.523. The Hall–Kier alpha value is -2.11. The number of esters is 1. The Kier molecular flexibility index (Phi) is 2.72. The van der Waals surface area contributed by atoms with Crippen molar-refractivity contribution < 1.29 is 13.9 Å². The Morgan fingerprint density at radius 1 is 1.62 bits per heavy atom. The number of ether oxygens (including phenoxy) is 1. The first-order valence-electron chi connectivity index (χ1n) is 4.86. The van der Waals surface area contributed by atoms with E-state index in [1.807, 2.05) is 6.92 Å². The third-order valence-corrected chi connectivity index (χ3v) is 2.02. The number of H-pyrrole nitrogens is 1. The first-order valence-corrected chi connectivity index (χ1v) is 4.86. The van der Waals surface area contributed by atoms with Crippen molar-refractivity contribution in [2.75, 3.05) is 6.61 Å². The molecular formula is C10H11N3O3. The van der Waals surface area contributed by atoms with E-state index in [1.54, 1.807) is 19.3 Å². The summed E-state index contributed by atoms with van der Waals surface area (Å²) in [5.74, 6) is 0.454. The van der Waals surface area contributed by atoms with Crippen LogP contribution >= 0.6 is 0 Å². The van der Waals surface area contributed by atoms with Gasteiger partial charge in [0.05, 0.1) is 12.9 Å². The molecule has 16 heavy (non-hydrogen) atoms. The highest BCUT2D eigenvalue weighted by Crippen LogP contribution is 2.20. The lowest BCUT2D eigenvalue weighted by Crippen LogP contribution is -2.06. The molecule has 0 unspecified atom stereocenters. The van der Waals surface area contributed by atoms with Crippen LogP contribution in [0.3, 0.4) is 0 Å². The number of rotatable bonds is 3. The molecule has 0 amide bonds. The molecule has 2 rings (SSSR count). The normalized spacial score (nSPS) is 10.4. The number of nitrogens with one attached hydrogen (secondary N) is 1. The van der Waals surface area contributed by atoms with E-state index in [-0.39, 0.29) is 5.82 Å². The molecule has 0 spiro atoms. The number of hydrogen-bond donors (Lipinski definition) is 1. The van der Waals surface area contributed by atoms with Crippen LogP contribution in [0.5, 0.6) is 0 Å². The van der Waals surface area contributed by atoms with Gasteiger partial charge in [-0.1, -0.05) is 0 Å². The zero-order valence-electron chi connectivity index (χ0n) is 8.98. The van der Waals surface area contributed by atoms with Crippen LogP contribution in [-0.2, 0) is 4.74 Å². The van der Waals surface area contributed by atoms with Crippen molar-refractivity contribution in [1.82, 2.24) is 15.2 Å². The summed E-state index contributed by atoms with van der Waals surface area (Å²) < 4.78 is 9.99. The Bertz CT molecular complexity index is 501.